The SMILES string of the molecule is O=C(O)CCCCNC1CCCc2ccccc21. The number of hydrogen-bond acceptors (Lipinski definition) is 2. The van der Waals surface area contributed by atoms with Gasteiger partial charge in [-0.25, -0.2) is 0 Å². The van der Waals surface area contributed by atoms with Crippen molar-refractivity contribution in [2.75, 3.05) is 6.54 Å². The van der Waals surface area contributed by atoms with Gasteiger partial charge in [0, 0.05) is 12.5 Å². The number of carboxylic acid groups (broad SMARTS) is 1. The van der Waals surface area contributed by atoms with Crippen LogP contribution in [0.2, 0.25) is 0 Å². The van der Waals surface area contributed by atoms with Crippen molar-refractivity contribution in [1.29, 1.82) is 0 Å². The molecule has 0 fully saturated rings. The Morgan fingerprint density at radius 2 is 2.17 bits per heavy atom. The number of aryl methyl sites for hydroxylation is 1. The van der Waals surface area contributed by atoms with Crippen LogP contribution < -0.4 is 5.32 Å². The van der Waals surface area contributed by atoms with Gasteiger partial charge >= 0.3 is 5.97 Å². The summed E-state index contributed by atoms with van der Waals surface area (Å²) in [5.74, 6) is -0.696. The van der Waals surface area contributed by atoms with Crippen molar-refractivity contribution in [3.05, 3.63) is 35.4 Å². The molecule has 0 saturated carbocycles. The highest BCUT2D eigenvalue weighted by molar-refractivity contribution is 5.66. The predicted molar refractivity (Wildman–Crippen MR) is 71.6 cm³/mol. The summed E-state index contributed by atoms with van der Waals surface area (Å²) in [5.41, 5.74) is 2.90. The summed E-state index contributed by atoms with van der Waals surface area (Å²) in [6.07, 6.45) is 5.59. The summed E-state index contributed by atoms with van der Waals surface area (Å²) < 4.78 is 0. The molecule has 0 bridgehead atoms. The fourth-order valence-electron chi connectivity index (χ4n) is 2.64. The Morgan fingerprint density at radius 3 is 3.00 bits per heavy atom. The largest absolute Gasteiger partial charge is 0.481 e. The van der Waals surface area contributed by atoms with E-state index in [1.54, 1.807) is 0 Å². The Kier molecular flexibility index (Phi) is 4.76. The third kappa shape index (κ3) is 3.57. The van der Waals surface area contributed by atoms with Crippen LogP contribution in [-0.2, 0) is 11.2 Å². The Hall–Kier alpha value is -1.35. The van der Waals surface area contributed by atoms with E-state index < -0.39 is 5.97 Å². The molecule has 0 spiro atoms. The van der Waals surface area contributed by atoms with E-state index in [1.807, 2.05) is 0 Å². The van der Waals surface area contributed by atoms with Gasteiger partial charge in [-0.3, -0.25) is 4.79 Å². The van der Waals surface area contributed by atoms with E-state index in [2.05, 4.69) is 29.6 Å². The van der Waals surface area contributed by atoms with E-state index in [-0.39, 0.29) is 6.42 Å². The highest BCUT2D eigenvalue weighted by Gasteiger charge is 2.18. The second kappa shape index (κ2) is 6.55. The molecule has 0 aliphatic heterocycles. The fourth-order valence-corrected chi connectivity index (χ4v) is 2.64. The molecule has 1 unspecified atom stereocenters. The molecule has 18 heavy (non-hydrogen) atoms. The van der Waals surface area contributed by atoms with Crippen LogP contribution in [0.1, 0.15) is 49.3 Å². The Labute approximate surface area is 108 Å². The first-order valence-corrected chi connectivity index (χ1v) is 6.80. The molecule has 98 valence electrons. The topological polar surface area (TPSA) is 49.3 Å². The van der Waals surface area contributed by atoms with Crippen LogP contribution in [-0.4, -0.2) is 17.6 Å². The number of aliphatic carboxylic acids is 1. The van der Waals surface area contributed by atoms with Crippen molar-refractivity contribution in [2.45, 2.75) is 44.6 Å². The van der Waals surface area contributed by atoms with Gasteiger partial charge in [0.15, 0.2) is 0 Å². The van der Waals surface area contributed by atoms with Crippen LogP contribution in [0.5, 0.6) is 0 Å². The number of unbranched alkanes of at least 4 members (excludes halogenated alkanes) is 1. The molecule has 0 amide bonds. The quantitative estimate of drug-likeness (QED) is 0.760. The molecule has 0 aromatic heterocycles. The number of hydrogen-bond donors (Lipinski definition) is 2. The van der Waals surface area contributed by atoms with Crippen LogP contribution in [0.25, 0.3) is 0 Å². The maximum atomic E-state index is 10.4. The monoisotopic (exact) mass is 247 g/mol. The highest BCUT2D eigenvalue weighted by Crippen LogP contribution is 2.29. The number of nitrogens with one attached hydrogen (secondary N) is 1. The number of fused-ring (bicyclic) bond motifs is 1. The van der Waals surface area contributed by atoms with Crippen molar-refractivity contribution in [2.24, 2.45) is 0 Å². The third-order valence-electron chi connectivity index (χ3n) is 3.58. The number of carboxylic acids is 1. The van der Waals surface area contributed by atoms with E-state index in [1.165, 1.54) is 30.4 Å². The minimum atomic E-state index is -0.696. The first kappa shape index (κ1) is 13.1. The number of carbonyl (C=O) groups is 1. The molecule has 0 radical (unpaired) electrons. The van der Waals surface area contributed by atoms with Gasteiger partial charge in [-0.15, -0.1) is 0 Å². The predicted octanol–water partition coefficient (Wildman–Crippen LogP) is 2.91. The molecule has 1 aliphatic carbocycles. The van der Waals surface area contributed by atoms with Gasteiger partial charge in [-0.05, 0) is 49.8 Å². The molecular formula is C15H21NO2. The second-order valence-electron chi connectivity index (χ2n) is 4.95. The van der Waals surface area contributed by atoms with Crippen molar-refractivity contribution < 1.29 is 9.90 Å². The Balaban J connectivity index is 1.79. The van der Waals surface area contributed by atoms with E-state index >= 15 is 0 Å². The zero-order chi connectivity index (χ0) is 12.8. The molecule has 2 N–H and O–H groups in total. The van der Waals surface area contributed by atoms with Crippen LogP contribution in [0.15, 0.2) is 24.3 Å². The lowest BCUT2D eigenvalue weighted by atomic mass is 9.88. The van der Waals surface area contributed by atoms with Gasteiger partial charge in [0.2, 0.25) is 0 Å². The lowest BCUT2D eigenvalue weighted by Crippen LogP contribution is -2.26. The molecule has 2 rings (SSSR count). The van der Waals surface area contributed by atoms with Gasteiger partial charge in [-0.2, -0.15) is 0 Å². The van der Waals surface area contributed by atoms with Crippen LogP contribution in [0, 0.1) is 0 Å². The third-order valence-corrected chi connectivity index (χ3v) is 3.58. The molecule has 1 aliphatic rings. The van der Waals surface area contributed by atoms with Crippen molar-refractivity contribution in [1.82, 2.24) is 5.32 Å². The molecule has 3 nitrogen and oxygen atoms in total. The normalized spacial score (nSPS) is 18.3. The van der Waals surface area contributed by atoms with Crippen molar-refractivity contribution >= 4 is 5.97 Å². The van der Waals surface area contributed by atoms with Gasteiger partial charge in [0.25, 0.3) is 0 Å². The van der Waals surface area contributed by atoms with Crippen LogP contribution >= 0.6 is 0 Å². The standard InChI is InChI=1S/C15H21NO2/c17-15(18)10-3-4-11-16-14-9-5-7-12-6-1-2-8-13(12)14/h1-2,6,8,14,16H,3-5,7,9-11H2,(H,17,18). The second-order valence-corrected chi connectivity index (χ2v) is 4.95. The molecule has 1 aromatic rings. The Morgan fingerprint density at radius 1 is 1.33 bits per heavy atom. The molecule has 3 heteroatoms. The van der Waals surface area contributed by atoms with Crippen LogP contribution in [0.3, 0.4) is 0 Å². The Bertz CT molecular complexity index is 403. The van der Waals surface area contributed by atoms with E-state index in [9.17, 15) is 4.79 Å². The summed E-state index contributed by atoms with van der Waals surface area (Å²) in [5, 5.41) is 12.1. The lowest BCUT2D eigenvalue weighted by molar-refractivity contribution is -0.137. The minimum Gasteiger partial charge on any atom is -0.481 e. The first-order valence-electron chi connectivity index (χ1n) is 6.80. The number of rotatable bonds is 6. The summed E-state index contributed by atoms with van der Waals surface area (Å²) in [6.45, 7) is 0.909. The van der Waals surface area contributed by atoms with Crippen molar-refractivity contribution in [3.63, 3.8) is 0 Å². The maximum absolute atomic E-state index is 10.4. The molecule has 0 heterocycles. The average molecular weight is 247 g/mol. The molecule has 1 aromatic carbocycles. The zero-order valence-corrected chi connectivity index (χ0v) is 10.7. The number of benzene rings is 1. The summed E-state index contributed by atoms with van der Waals surface area (Å²) >= 11 is 0. The van der Waals surface area contributed by atoms with Crippen LogP contribution in [0.4, 0.5) is 0 Å². The summed E-state index contributed by atoms with van der Waals surface area (Å²) in [4.78, 5) is 10.4. The fraction of sp³-hybridized carbons (Fsp3) is 0.533. The van der Waals surface area contributed by atoms with E-state index in [0.29, 0.717) is 6.04 Å². The average Bonchev–Trinajstić information content (AvgIpc) is 2.38. The van der Waals surface area contributed by atoms with E-state index in [4.69, 9.17) is 5.11 Å². The molecular weight excluding hydrogens is 226 g/mol. The summed E-state index contributed by atoms with van der Waals surface area (Å²) in [7, 11) is 0. The van der Waals surface area contributed by atoms with Gasteiger partial charge < -0.3 is 10.4 Å². The maximum Gasteiger partial charge on any atom is 0.303 e. The first-order chi connectivity index (χ1) is 8.77. The minimum absolute atomic E-state index is 0.281. The molecule has 0 saturated heterocycles. The molecule has 1 atom stereocenters. The van der Waals surface area contributed by atoms with Crippen molar-refractivity contribution in [3.8, 4) is 0 Å². The highest BCUT2D eigenvalue weighted by atomic mass is 16.4. The van der Waals surface area contributed by atoms with Gasteiger partial charge in [0.05, 0.1) is 0 Å². The zero-order valence-electron chi connectivity index (χ0n) is 10.7. The van der Waals surface area contributed by atoms with E-state index in [0.717, 1.165) is 19.4 Å². The lowest BCUT2D eigenvalue weighted by Gasteiger charge is -2.26. The summed E-state index contributed by atoms with van der Waals surface area (Å²) in [6, 6.07) is 9.09. The smallest absolute Gasteiger partial charge is 0.303 e. The van der Waals surface area contributed by atoms with Gasteiger partial charge in [-0.1, -0.05) is 24.3 Å². The van der Waals surface area contributed by atoms with Gasteiger partial charge in [0.1, 0.15) is 0 Å².